The number of esters is 1. The largest absolute Gasteiger partial charge is 0.465 e. The van der Waals surface area contributed by atoms with E-state index in [9.17, 15) is 4.79 Å². The molecule has 1 fully saturated rings. The van der Waals surface area contributed by atoms with Crippen LogP contribution >= 0.6 is 11.3 Å². The van der Waals surface area contributed by atoms with Crippen molar-refractivity contribution >= 4 is 23.3 Å². The van der Waals surface area contributed by atoms with Gasteiger partial charge in [0.25, 0.3) is 0 Å². The third-order valence-electron chi connectivity index (χ3n) is 6.48. The highest BCUT2D eigenvalue weighted by molar-refractivity contribution is 7.15. The number of hydrogen-bond donors (Lipinski definition) is 3. The van der Waals surface area contributed by atoms with E-state index in [1.807, 2.05) is 37.4 Å². The molecule has 1 aromatic carbocycles. The maximum absolute atomic E-state index is 12.0. The molecule has 0 bridgehead atoms. The third kappa shape index (κ3) is 7.84. The molecule has 0 saturated carbocycles. The number of nitrogens with zero attached hydrogens (tertiary/aromatic N) is 2. The normalized spacial score (nSPS) is 17.8. The average Bonchev–Trinajstić information content (AvgIpc) is 3.31. The smallest absolute Gasteiger partial charge is 0.319 e. The molecule has 37 heavy (non-hydrogen) atoms. The van der Waals surface area contributed by atoms with Crippen molar-refractivity contribution in [1.82, 2.24) is 20.6 Å². The molecule has 0 radical (unpaired) electrons. The number of thiophene rings is 1. The molecule has 1 unspecified atom stereocenters. The lowest BCUT2D eigenvalue weighted by Crippen LogP contribution is -2.60. The molecule has 3 aromatic rings. The molecule has 4 rings (SSSR count). The second kappa shape index (κ2) is 11.7. The SMILES string of the molecule is CCOC(=O)CNC(Cc1ccccc1)c1ccc(-c2ccnc(NC3CC(C)(C)NC(C)(C)C3)n2)s1. The molecule has 0 aliphatic carbocycles. The van der Waals surface area contributed by atoms with Crippen molar-refractivity contribution in [2.75, 3.05) is 18.5 Å². The van der Waals surface area contributed by atoms with Crippen molar-refractivity contribution < 1.29 is 9.53 Å². The quantitative estimate of drug-likeness (QED) is 0.310. The summed E-state index contributed by atoms with van der Waals surface area (Å²) in [4.78, 5) is 23.6. The number of nitrogens with one attached hydrogen (secondary N) is 3. The molecular weight excluding hydrogens is 482 g/mol. The van der Waals surface area contributed by atoms with Crippen molar-refractivity contribution in [3.8, 4) is 10.6 Å². The van der Waals surface area contributed by atoms with E-state index in [1.165, 1.54) is 5.56 Å². The number of carbonyl (C=O) groups excluding carboxylic acids is 1. The van der Waals surface area contributed by atoms with Gasteiger partial charge in [-0.1, -0.05) is 30.3 Å². The van der Waals surface area contributed by atoms with E-state index in [2.05, 4.69) is 72.9 Å². The van der Waals surface area contributed by atoms with Crippen LogP contribution in [-0.4, -0.2) is 46.2 Å². The van der Waals surface area contributed by atoms with Crippen LogP contribution in [0, 0.1) is 0 Å². The summed E-state index contributed by atoms with van der Waals surface area (Å²) in [5.74, 6) is 0.417. The first-order valence-electron chi connectivity index (χ1n) is 13.0. The van der Waals surface area contributed by atoms with Crippen LogP contribution in [0.15, 0.2) is 54.7 Å². The van der Waals surface area contributed by atoms with E-state index in [4.69, 9.17) is 9.72 Å². The molecule has 0 spiro atoms. The van der Waals surface area contributed by atoms with Gasteiger partial charge in [-0.2, -0.15) is 0 Å². The fraction of sp³-hybridized carbons (Fsp3) is 0.483. The number of ether oxygens (including phenoxy) is 1. The Morgan fingerprint density at radius 2 is 1.84 bits per heavy atom. The number of piperidine rings is 1. The molecule has 1 aliphatic rings. The fourth-order valence-corrected chi connectivity index (χ4v) is 6.45. The second-order valence-corrected chi connectivity index (χ2v) is 12.2. The van der Waals surface area contributed by atoms with Crippen LogP contribution in [0.4, 0.5) is 5.95 Å². The number of benzene rings is 1. The molecular formula is C29H39N5O2S. The van der Waals surface area contributed by atoms with Crippen molar-refractivity contribution in [3.05, 3.63) is 65.2 Å². The zero-order valence-corrected chi connectivity index (χ0v) is 23.3. The Bertz CT molecular complexity index is 1160. The van der Waals surface area contributed by atoms with E-state index in [0.29, 0.717) is 18.6 Å². The van der Waals surface area contributed by atoms with Crippen molar-refractivity contribution in [3.63, 3.8) is 0 Å². The van der Waals surface area contributed by atoms with Gasteiger partial charge < -0.3 is 15.4 Å². The zero-order chi connectivity index (χ0) is 26.5. The first-order valence-corrected chi connectivity index (χ1v) is 13.9. The van der Waals surface area contributed by atoms with Gasteiger partial charge in [-0.25, -0.2) is 9.97 Å². The van der Waals surface area contributed by atoms with Crippen molar-refractivity contribution in [2.24, 2.45) is 0 Å². The van der Waals surface area contributed by atoms with Gasteiger partial charge in [-0.3, -0.25) is 10.1 Å². The molecule has 1 saturated heterocycles. The highest BCUT2D eigenvalue weighted by Crippen LogP contribution is 2.33. The molecule has 0 amide bonds. The Kier molecular flexibility index (Phi) is 8.62. The monoisotopic (exact) mass is 521 g/mol. The van der Waals surface area contributed by atoms with Crippen LogP contribution in [0.1, 0.15) is 63.9 Å². The maximum Gasteiger partial charge on any atom is 0.319 e. The van der Waals surface area contributed by atoms with Crippen LogP contribution in [0.5, 0.6) is 0 Å². The molecule has 8 heteroatoms. The third-order valence-corrected chi connectivity index (χ3v) is 7.70. The van der Waals surface area contributed by atoms with Gasteiger partial charge in [0.2, 0.25) is 5.95 Å². The van der Waals surface area contributed by atoms with Gasteiger partial charge >= 0.3 is 5.97 Å². The first-order chi connectivity index (χ1) is 17.6. The summed E-state index contributed by atoms with van der Waals surface area (Å²) in [6.45, 7) is 11.3. The Morgan fingerprint density at radius 3 is 2.54 bits per heavy atom. The minimum Gasteiger partial charge on any atom is -0.465 e. The summed E-state index contributed by atoms with van der Waals surface area (Å²) in [6.07, 6.45) is 4.60. The predicted octanol–water partition coefficient (Wildman–Crippen LogP) is 5.36. The van der Waals surface area contributed by atoms with Crippen molar-refractivity contribution in [1.29, 1.82) is 0 Å². The first kappa shape index (κ1) is 27.2. The molecule has 1 aliphatic heterocycles. The van der Waals surface area contributed by atoms with Gasteiger partial charge in [0, 0.05) is 34.2 Å². The molecule has 198 valence electrons. The zero-order valence-electron chi connectivity index (χ0n) is 22.5. The van der Waals surface area contributed by atoms with Crippen LogP contribution in [0.25, 0.3) is 10.6 Å². The molecule has 3 N–H and O–H groups in total. The standard InChI is InChI=1S/C29H39N5O2S/c1-6-36-26(35)19-31-23(16-20-10-8-7-9-11-20)25-13-12-24(37-25)22-14-15-30-27(33-22)32-21-17-28(2,3)34-29(4,5)18-21/h7-15,21,23,31,34H,6,16-19H2,1-5H3,(H,30,32,33). The summed E-state index contributed by atoms with van der Waals surface area (Å²) in [6, 6.07) is 16.8. The van der Waals surface area contributed by atoms with Crippen LogP contribution in [-0.2, 0) is 16.0 Å². The highest BCUT2D eigenvalue weighted by Gasteiger charge is 2.37. The van der Waals surface area contributed by atoms with Crippen LogP contribution in [0.2, 0.25) is 0 Å². The highest BCUT2D eigenvalue weighted by atomic mass is 32.1. The minimum atomic E-state index is -0.242. The molecule has 2 aromatic heterocycles. The number of carbonyl (C=O) groups is 1. The van der Waals surface area contributed by atoms with E-state index < -0.39 is 0 Å². The molecule has 3 heterocycles. The Hall–Kier alpha value is -2.81. The lowest BCUT2D eigenvalue weighted by molar-refractivity contribution is -0.142. The molecule has 1 atom stereocenters. The number of hydrogen-bond acceptors (Lipinski definition) is 8. The fourth-order valence-electron chi connectivity index (χ4n) is 5.39. The summed E-state index contributed by atoms with van der Waals surface area (Å²) < 4.78 is 5.13. The summed E-state index contributed by atoms with van der Waals surface area (Å²) in [5, 5.41) is 10.7. The van der Waals surface area contributed by atoms with Crippen LogP contribution in [0.3, 0.4) is 0 Å². The van der Waals surface area contributed by atoms with Gasteiger partial charge in [0.05, 0.1) is 23.7 Å². The van der Waals surface area contributed by atoms with E-state index in [0.717, 1.165) is 34.7 Å². The predicted molar refractivity (Wildman–Crippen MR) is 151 cm³/mol. The number of rotatable bonds is 10. The lowest BCUT2D eigenvalue weighted by Gasteiger charge is -2.46. The van der Waals surface area contributed by atoms with Gasteiger partial charge in [0.15, 0.2) is 0 Å². The lowest BCUT2D eigenvalue weighted by atomic mass is 9.80. The van der Waals surface area contributed by atoms with E-state index in [-0.39, 0.29) is 29.6 Å². The van der Waals surface area contributed by atoms with Gasteiger partial charge in [-0.15, -0.1) is 11.3 Å². The summed E-state index contributed by atoms with van der Waals surface area (Å²) >= 11 is 1.69. The Morgan fingerprint density at radius 1 is 1.11 bits per heavy atom. The summed E-state index contributed by atoms with van der Waals surface area (Å²) in [7, 11) is 0. The van der Waals surface area contributed by atoms with Crippen molar-refractivity contribution in [2.45, 2.75) is 77.0 Å². The van der Waals surface area contributed by atoms with E-state index in [1.54, 1.807) is 11.3 Å². The topological polar surface area (TPSA) is 88.2 Å². The average molecular weight is 522 g/mol. The second-order valence-electron chi connectivity index (χ2n) is 11.0. The number of aromatic nitrogens is 2. The van der Waals surface area contributed by atoms with Gasteiger partial charge in [-0.05, 0) is 77.6 Å². The Labute approximate surface area is 224 Å². The van der Waals surface area contributed by atoms with Gasteiger partial charge in [0.1, 0.15) is 0 Å². The summed E-state index contributed by atoms with van der Waals surface area (Å²) in [5.41, 5.74) is 2.19. The minimum absolute atomic E-state index is 0.0100. The van der Waals surface area contributed by atoms with Crippen LogP contribution < -0.4 is 16.0 Å². The molecule has 7 nitrogen and oxygen atoms in total. The van der Waals surface area contributed by atoms with E-state index >= 15 is 0 Å². The number of anilines is 1. The maximum atomic E-state index is 12.0. The Balaban J connectivity index is 1.50.